The van der Waals surface area contributed by atoms with Crippen LogP contribution in [0, 0.1) is 0 Å². The number of carbonyl (C=O) groups excluding carboxylic acids is 1. The number of hydrogen-bond donors (Lipinski definition) is 1. The number of nitrogens with zero attached hydrogens (tertiary/aromatic N) is 1. The van der Waals surface area contributed by atoms with Crippen molar-refractivity contribution in [1.29, 1.82) is 0 Å². The fraction of sp³-hybridized carbons (Fsp3) is 0.133. The molecule has 1 amide bonds. The van der Waals surface area contributed by atoms with Crippen molar-refractivity contribution in [2.45, 2.75) is 4.90 Å². The first-order chi connectivity index (χ1) is 9.25. The number of rotatable bonds is 1. The number of phenolic OH excluding ortho intramolecular Hbond substituents is 1. The lowest BCUT2D eigenvalue weighted by atomic mass is 10.1. The van der Waals surface area contributed by atoms with E-state index in [0.29, 0.717) is 12.1 Å². The van der Waals surface area contributed by atoms with Crippen molar-refractivity contribution in [2.75, 3.05) is 17.2 Å². The maximum atomic E-state index is 12.5. The number of fused-ring (bicyclic) bond motifs is 1. The van der Waals surface area contributed by atoms with E-state index in [2.05, 4.69) is 0 Å². The highest BCUT2D eigenvalue weighted by Crippen LogP contribution is 2.37. The molecule has 0 aliphatic carbocycles. The van der Waals surface area contributed by atoms with E-state index in [0.717, 1.165) is 16.3 Å². The minimum atomic E-state index is -0.0206. The summed E-state index contributed by atoms with van der Waals surface area (Å²) in [5, 5.41) is 9.61. The van der Waals surface area contributed by atoms with Gasteiger partial charge in [-0.15, -0.1) is 11.8 Å². The van der Waals surface area contributed by atoms with Gasteiger partial charge in [-0.1, -0.05) is 18.2 Å². The van der Waals surface area contributed by atoms with Gasteiger partial charge in [-0.2, -0.15) is 0 Å². The number of amides is 1. The first kappa shape index (κ1) is 12.1. The Balaban J connectivity index is 2.00. The molecular weight excluding hydrogens is 258 g/mol. The van der Waals surface area contributed by atoms with E-state index < -0.39 is 0 Å². The number of phenols is 1. The van der Waals surface area contributed by atoms with Gasteiger partial charge in [0.15, 0.2) is 0 Å². The van der Waals surface area contributed by atoms with Crippen LogP contribution < -0.4 is 4.90 Å². The van der Waals surface area contributed by atoms with Gasteiger partial charge < -0.3 is 10.0 Å². The van der Waals surface area contributed by atoms with Crippen molar-refractivity contribution in [2.24, 2.45) is 0 Å². The van der Waals surface area contributed by atoms with E-state index in [1.807, 2.05) is 36.4 Å². The van der Waals surface area contributed by atoms with Crippen molar-refractivity contribution in [1.82, 2.24) is 0 Å². The predicted octanol–water partition coefficient (Wildman–Crippen LogP) is 3.14. The molecule has 0 radical (unpaired) electrons. The summed E-state index contributed by atoms with van der Waals surface area (Å²) in [7, 11) is 0. The molecule has 0 saturated heterocycles. The highest BCUT2D eigenvalue weighted by Gasteiger charge is 2.24. The van der Waals surface area contributed by atoms with Gasteiger partial charge in [0, 0.05) is 28.8 Å². The van der Waals surface area contributed by atoms with Crippen LogP contribution in [0.1, 0.15) is 10.4 Å². The van der Waals surface area contributed by atoms with Gasteiger partial charge in [0.2, 0.25) is 0 Å². The lowest BCUT2D eigenvalue weighted by molar-refractivity contribution is 0.0987. The van der Waals surface area contributed by atoms with Gasteiger partial charge in [-0.3, -0.25) is 4.79 Å². The molecule has 1 N–H and O–H groups in total. The van der Waals surface area contributed by atoms with Crippen molar-refractivity contribution >= 4 is 23.4 Å². The van der Waals surface area contributed by atoms with Crippen LogP contribution in [0.4, 0.5) is 5.69 Å². The summed E-state index contributed by atoms with van der Waals surface area (Å²) < 4.78 is 0. The van der Waals surface area contributed by atoms with Crippen molar-refractivity contribution < 1.29 is 9.90 Å². The molecule has 0 bridgehead atoms. The van der Waals surface area contributed by atoms with Gasteiger partial charge in [0.1, 0.15) is 5.75 Å². The molecule has 0 unspecified atom stereocenters. The molecule has 2 aromatic rings. The second-order valence-electron chi connectivity index (χ2n) is 4.32. The summed E-state index contributed by atoms with van der Waals surface area (Å²) in [6.07, 6.45) is 0. The molecule has 3 rings (SSSR count). The number of thioether (sulfide) groups is 1. The molecule has 3 nitrogen and oxygen atoms in total. The maximum Gasteiger partial charge on any atom is 0.258 e. The van der Waals surface area contributed by atoms with E-state index in [1.165, 1.54) is 0 Å². The largest absolute Gasteiger partial charge is 0.508 e. The molecule has 96 valence electrons. The quantitative estimate of drug-likeness (QED) is 0.866. The minimum Gasteiger partial charge on any atom is -0.508 e. The van der Waals surface area contributed by atoms with Crippen LogP contribution in [0.15, 0.2) is 53.4 Å². The van der Waals surface area contributed by atoms with E-state index in [-0.39, 0.29) is 11.7 Å². The molecule has 0 fully saturated rings. The Morgan fingerprint density at radius 3 is 2.74 bits per heavy atom. The van der Waals surface area contributed by atoms with Gasteiger partial charge >= 0.3 is 0 Å². The molecule has 1 heterocycles. The lowest BCUT2D eigenvalue weighted by Crippen LogP contribution is -2.35. The van der Waals surface area contributed by atoms with E-state index in [4.69, 9.17) is 0 Å². The van der Waals surface area contributed by atoms with Crippen LogP contribution in [0.25, 0.3) is 0 Å². The number of hydrogen-bond acceptors (Lipinski definition) is 3. The molecule has 1 aliphatic rings. The fourth-order valence-electron chi connectivity index (χ4n) is 2.15. The van der Waals surface area contributed by atoms with Gasteiger partial charge in [-0.05, 0) is 24.3 Å². The van der Waals surface area contributed by atoms with E-state index in [9.17, 15) is 9.90 Å². The third-order valence-corrected chi connectivity index (χ3v) is 4.11. The van der Waals surface area contributed by atoms with Crippen LogP contribution in [-0.4, -0.2) is 23.3 Å². The topological polar surface area (TPSA) is 40.5 Å². The summed E-state index contributed by atoms with van der Waals surface area (Å²) in [5.41, 5.74) is 1.47. The Morgan fingerprint density at radius 1 is 1.16 bits per heavy atom. The minimum absolute atomic E-state index is 0.0206. The Hall–Kier alpha value is -1.94. The average Bonchev–Trinajstić information content (AvgIpc) is 2.47. The van der Waals surface area contributed by atoms with Crippen LogP contribution in [0.2, 0.25) is 0 Å². The molecule has 1 aliphatic heterocycles. The zero-order chi connectivity index (χ0) is 13.2. The lowest BCUT2D eigenvalue weighted by Gasteiger charge is -2.29. The smallest absolute Gasteiger partial charge is 0.258 e. The van der Waals surface area contributed by atoms with E-state index >= 15 is 0 Å². The first-order valence-electron chi connectivity index (χ1n) is 6.08. The molecule has 4 heteroatoms. The summed E-state index contributed by atoms with van der Waals surface area (Å²) in [4.78, 5) is 15.3. The van der Waals surface area contributed by atoms with Crippen LogP contribution in [-0.2, 0) is 0 Å². The molecule has 0 aromatic heterocycles. The average molecular weight is 271 g/mol. The van der Waals surface area contributed by atoms with Crippen molar-refractivity contribution in [3.63, 3.8) is 0 Å². The monoisotopic (exact) mass is 271 g/mol. The zero-order valence-electron chi connectivity index (χ0n) is 10.2. The standard InChI is InChI=1S/C15H13NO2S/c17-12-6-7-14-13(10-12)16(8-9-19-14)15(18)11-4-2-1-3-5-11/h1-7,10,17H,8-9H2. The van der Waals surface area contributed by atoms with E-state index in [1.54, 1.807) is 28.8 Å². The Kier molecular flexibility index (Phi) is 3.17. The molecular formula is C15H13NO2S. The third kappa shape index (κ3) is 2.31. The number of aromatic hydroxyl groups is 1. The number of benzene rings is 2. The predicted molar refractivity (Wildman–Crippen MR) is 76.9 cm³/mol. The van der Waals surface area contributed by atoms with Crippen molar-refractivity contribution in [3.05, 3.63) is 54.1 Å². The Morgan fingerprint density at radius 2 is 1.95 bits per heavy atom. The Labute approximate surface area is 115 Å². The van der Waals surface area contributed by atoms with Crippen LogP contribution >= 0.6 is 11.8 Å². The second-order valence-corrected chi connectivity index (χ2v) is 5.46. The first-order valence-corrected chi connectivity index (χ1v) is 7.07. The molecule has 19 heavy (non-hydrogen) atoms. The summed E-state index contributed by atoms with van der Waals surface area (Å²) in [6.45, 7) is 0.662. The summed E-state index contributed by atoms with van der Waals surface area (Å²) in [5.74, 6) is 1.04. The van der Waals surface area contributed by atoms with Gasteiger partial charge in [0.05, 0.1) is 5.69 Å². The number of anilines is 1. The highest BCUT2D eigenvalue weighted by atomic mass is 32.2. The zero-order valence-corrected chi connectivity index (χ0v) is 11.1. The van der Waals surface area contributed by atoms with Gasteiger partial charge in [-0.25, -0.2) is 0 Å². The Bertz CT molecular complexity index is 613. The molecule has 0 spiro atoms. The molecule has 0 saturated carbocycles. The third-order valence-electron chi connectivity index (χ3n) is 3.07. The highest BCUT2D eigenvalue weighted by molar-refractivity contribution is 7.99. The maximum absolute atomic E-state index is 12.5. The molecule has 0 atom stereocenters. The summed E-state index contributed by atoms with van der Waals surface area (Å²) >= 11 is 1.71. The fourth-order valence-corrected chi connectivity index (χ4v) is 3.13. The van der Waals surface area contributed by atoms with Crippen LogP contribution in [0.3, 0.4) is 0 Å². The number of carbonyl (C=O) groups is 1. The SMILES string of the molecule is O=C(c1ccccc1)N1CCSc2ccc(O)cc21. The second kappa shape index (κ2) is 4.97. The van der Waals surface area contributed by atoms with Crippen LogP contribution in [0.5, 0.6) is 5.75 Å². The normalized spacial score (nSPS) is 14.0. The van der Waals surface area contributed by atoms with Gasteiger partial charge in [0.25, 0.3) is 5.91 Å². The molecule has 2 aromatic carbocycles. The summed E-state index contributed by atoms with van der Waals surface area (Å²) in [6, 6.07) is 14.4. The van der Waals surface area contributed by atoms with Crippen molar-refractivity contribution in [3.8, 4) is 5.75 Å².